The van der Waals surface area contributed by atoms with E-state index < -0.39 is 10.1 Å². The van der Waals surface area contributed by atoms with E-state index in [-0.39, 0.29) is 11.8 Å². The minimum absolute atomic E-state index is 0.122. The number of hydrogen-bond acceptors (Lipinski definition) is 5. The van der Waals surface area contributed by atoms with Crippen LogP contribution in [0.1, 0.15) is 5.69 Å². The lowest BCUT2D eigenvalue weighted by Crippen LogP contribution is -2.04. The molecule has 0 aliphatic heterocycles. The number of nitrogens with zero attached hydrogens (tertiary/aromatic N) is 2. The van der Waals surface area contributed by atoms with E-state index in [2.05, 4.69) is 14.4 Å². The zero-order chi connectivity index (χ0) is 9.90. The minimum Gasteiger partial charge on any atom is -0.264 e. The van der Waals surface area contributed by atoms with Crippen LogP contribution < -0.4 is 0 Å². The van der Waals surface area contributed by atoms with E-state index in [9.17, 15) is 8.42 Å². The van der Waals surface area contributed by atoms with Crippen molar-refractivity contribution in [1.29, 1.82) is 0 Å². The lowest BCUT2D eigenvalue weighted by atomic mass is 10.4. The molecule has 1 rings (SSSR count). The van der Waals surface area contributed by atoms with E-state index >= 15 is 0 Å². The molecule has 72 valence electrons. The first-order valence-electron chi connectivity index (χ1n) is 3.30. The van der Waals surface area contributed by atoms with Crippen LogP contribution in [0.25, 0.3) is 0 Å². The van der Waals surface area contributed by atoms with Gasteiger partial charge in [-0.05, 0) is 12.1 Å². The quantitative estimate of drug-likeness (QED) is 0.701. The molecule has 13 heavy (non-hydrogen) atoms. The molecule has 0 aliphatic rings. The van der Waals surface area contributed by atoms with Crippen molar-refractivity contribution in [3.63, 3.8) is 0 Å². The Kier molecular flexibility index (Phi) is 3.18. The molecular formula is C6H7ClN2O3S. The van der Waals surface area contributed by atoms with Gasteiger partial charge in [0.2, 0.25) is 0 Å². The number of rotatable bonds is 3. The van der Waals surface area contributed by atoms with E-state index in [1.54, 1.807) is 6.07 Å². The van der Waals surface area contributed by atoms with Crippen LogP contribution >= 0.6 is 11.6 Å². The lowest BCUT2D eigenvalue weighted by molar-refractivity contribution is 0.306. The Morgan fingerprint density at radius 1 is 1.46 bits per heavy atom. The highest BCUT2D eigenvalue weighted by molar-refractivity contribution is 7.85. The summed E-state index contributed by atoms with van der Waals surface area (Å²) < 4.78 is 25.6. The van der Waals surface area contributed by atoms with Gasteiger partial charge in [-0.15, -0.1) is 5.10 Å². The summed E-state index contributed by atoms with van der Waals surface area (Å²) >= 11 is 5.47. The molecule has 0 saturated carbocycles. The fourth-order valence-electron chi connectivity index (χ4n) is 0.588. The van der Waals surface area contributed by atoms with Crippen LogP contribution in [-0.4, -0.2) is 24.9 Å². The Morgan fingerprint density at radius 2 is 2.15 bits per heavy atom. The smallest absolute Gasteiger partial charge is 0.264 e. The summed E-state index contributed by atoms with van der Waals surface area (Å²) in [6.07, 6.45) is 0.969. The van der Waals surface area contributed by atoms with Crippen molar-refractivity contribution in [3.8, 4) is 0 Å². The largest absolute Gasteiger partial charge is 0.264 e. The molecule has 0 atom stereocenters. The molecular weight excluding hydrogens is 216 g/mol. The molecule has 7 heteroatoms. The topological polar surface area (TPSA) is 69.2 Å². The van der Waals surface area contributed by atoms with Gasteiger partial charge in [0.05, 0.1) is 11.9 Å². The van der Waals surface area contributed by atoms with Crippen molar-refractivity contribution < 1.29 is 12.6 Å². The zero-order valence-electron chi connectivity index (χ0n) is 6.77. The fourth-order valence-corrected chi connectivity index (χ4v) is 1.02. The van der Waals surface area contributed by atoms with Gasteiger partial charge in [-0.3, -0.25) is 4.18 Å². The van der Waals surface area contributed by atoms with Crippen LogP contribution in [0.2, 0.25) is 5.15 Å². The molecule has 0 saturated heterocycles. The first-order valence-corrected chi connectivity index (χ1v) is 5.49. The van der Waals surface area contributed by atoms with Crippen molar-refractivity contribution in [1.82, 2.24) is 10.2 Å². The zero-order valence-corrected chi connectivity index (χ0v) is 8.34. The maximum Gasteiger partial charge on any atom is 0.264 e. The van der Waals surface area contributed by atoms with Crippen LogP contribution in [0.15, 0.2) is 12.1 Å². The Hall–Kier alpha value is -0.720. The second kappa shape index (κ2) is 3.99. The average molecular weight is 223 g/mol. The SMILES string of the molecule is CS(=O)(=O)OCc1ccc(Cl)nn1. The lowest BCUT2D eigenvalue weighted by Gasteiger charge is -1.98. The standard InChI is InChI=1S/C6H7ClN2O3S/c1-13(10,11)12-4-5-2-3-6(7)9-8-5/h2-3H,4H2,1H3. The highest BCUT2D eigenvalue weighted by atomic mass is 35.5. The maximum atomic E-state index is 10.6. The number of hydrogen-bond donors (Lipinski definition) is 0. The molecule has 0 amide bonds. The Morgan fingerprint density at radius 3 is 2.62 bits per heavy atom. The molecule has 0 aromatic carbocycles. The molecule has 0 fully saturated rings. The second-order valence-electron chi connectivity index (χ2n) is 2.31. The predicted molar refractivity (Wildman–Crippen MR) is 46.7 cm³/mol. The summed E-state index contributed by atoms with van der Waals surface area (Å²) in [6, 6.07) is 3.05. The van der Waals surface area contributed by atoms with Crippen molar-refractivity contribution in [2.24, 2.45) is 0 Å². The van der Waals surface area contributed by atoms with Gasteiger partial charge < -0.3 is 0 Å². The number of aromatic nitrogens is 2. The van der Waals surface area contributed by atoms with Crippen LogP contribution in [0, 0.1) is 0 Å². The average Bonchev–Trinajstić information content (AvgIpc) is 2.02. The molecule has 0 spiro atoms. The van der Waals surface area contributed by atoms with Crippen LogP contribution in [0.3, 0.4) is 0 Å². The summed E-state index contributed by atoms with van der Waals surface area (Å²) in [5.41, 5.74) is 0.412. The Bertz CT molecular complexity index is 375. The first kappa shape index (κ1) is 10.4. The molecule has 1 aromatic rings. The Balaban J connectivity index is 2.61. The monoisotopic (exact) mass is 222 g/mol. The van der Waals surface area contributed by atoms with Gasteiger partial charge in [-0.25, -0.2) is 0 Å². The Labute approximate surface area is 80.8 Å². The molecule has 0 aliphatic carbocycles. The van der Waals surface area contributed by atoms with Crippen molar-refractivity contribution in [2.45, 2.75) is 6.61 Å². The molecule has 1 heterocycles. The van der Waals surface area contributed by atoms with E-state index in [0.717, 1.165) is 6.26 Å². The minimum atomic E-state index is -3.43. The first-order chi connectivity index (χ1) is 5.97. The summed E-state index contributed by atoms with van der Waals surface area (Å²) in [5, 5.41) is 7.38. The molecule has 5 nitrogen and oxygen atoms in total. The molecule has 0 radical (unpaired) electrons. The third kappa shape index (κ3) is 4.16. The third-order valence-corrected chi connectivity index (χ3v) is 1.86. The van der Waals surface area contributed by atoms with Crippen molar-refractivity contribution in [2.75, 3.05) is 6.26 Å². The summed E-state index contributed by atoms with van der Waals surface area (Å²) in [6.45, 7) is -0.122. The van der Waals surface area contributed by atoms with E-state index in [4.69, 9.17) is 11.6 Å². The summed E-state index contributed by atoms with van der Waals surface area (Å²) in [7, 11) is -3.43. The van der Waals surface area contributed by atoms with Crippen LogP contribution in [0.5, 0.6) is 0 Å². The van der Waals surface area contributed by atoms with E-state index in [1.807, 2.05) is 0 Å². The van der Waals surface area contributed by atoms with Gasteiger partial charge in [-0.1, -0.05) is 11.6 Å². The van der Waals surface area contributed by atoms with E-state index in [0.29, 0.717) is 5.69 Å². The van der Waals surface area contributed by atoms with Gasteiger partial charge in [0.25, 0.3) is 10.1 Å². The fraction of sp³-hybridized carbons (Fsp3) is 0.333. The van der Waals surface area contributed by atoms with Crippen LogP contribution in [0.4, 0.5) is 0 Å². The third-order valence-electron chi connectivity index (χ3n) is 1.11. The highest BCUT2D eigenvalue weighted by Crippen LogP contribution is 2.04. The number of halogens is 1. The van der Waals surface area contributed by atoms with Gasteiger partial charge in [0.15, 0.2) is 5.15 Å². The summed E-state index contributed by atoms with van der Waals surface area (Å²) in [4.78, 5) is 0. The van der Waals surface area contributed by atoms with Crippen molar-refractivity contribution >= 4 is 21.7 Å². The van der Waals surface area contributed by atoms with Gasteiger partial charge >= 0.3 is 0 Å². The normalized spacial score (nSPS) is 11.5. The summed E-state index contributed by atoms with van der Waals surface area (Å²) in [5.74, 6) is 0. The highest BCUT2D eigenvalue weighted by Gasteiger charge is 2.03. The molecule has 0 N–H and O–H groups in total. The van der Waals surface area contributed by atoms with Gasteiger partial charge in [0, 0.05) is 0 Å². The predicted octanol–water partition coefficient (Wildman–Crippen LogP) is 0.606. The second-order valence-corrected chi connectivity index (χ2v) is 4.34. The molecule has 1 aromatic heterocycles. The van der Waals surface area contributed by atoms with Gasteiger partial charge in [0.1, 0.15) is 6.61 Å². The van der Waals surface area contributed by atoms with E-state index in [1.165, 1.54) is 6.07 Å². The molecule has 0 bridgehead atoms. The maximum absolute atomic E-state index is 10.6. The van der Waals surface area contributed by atoms with Crippen LogP contribution in [-0.2, 0) is 20.9 Å². The van der Waals surface area contributed by atoms with Gasteiger partial charge in [-0.2, -0.15) is 13.5 Å². The van der Waals surface area contributed by atoms with Crippen molar-refractivity contribution in [3.05, 3.63) is 23.0 Å². The molecule has 0 unspecified atom stereocenters.